The molecule has 2 aromatic carbocycles. The van der Waals surface area contributed by atoms with Gasteiger partial charge in [0.15, 0.2) is 5.82 Å². The zero-order chi connectivity index (χ0) is 14.8. The molecule has 5 heteroatoms. The highest BCUT2D eigenvalue weighted by Gasteiger charge is 2.10. The maximum Gasteiger partial charge on any atom is 0.257 e. The van der Waals surface area contributed by atoms with Gasteiger partial charge in [-0.25, -0.2) is 4.39 Å². The molecule has 0 spiro atoms. The molecule has 0 radical (unpaired) electrons. The van der Waals surface area contributed by atoms with Gasteiger partial charge in [0.2, 0.25) is 0 Å². The number of nitrogens with zero attached hydrogens (tertiary/aromatic N) is 2. The zero-order valence-corrected chi connectivity index (χ0v) is 11.5. The van der Waals surface area contributed by atoms with Gasteiger partial charge in [0.1, 0.15) is 5.82 Å². The van der Waals surface area contributed by atoms with Crippen LogP contribution in [0.3, 0.4) is 0 Å². The summed E-state index contributed by atoms with van der Waals surface area (Å²) in [6.45, 7) is 1.92. The molecule has 0 saturated carbocycles. The van der Waals surface area contributed by atoms with Gasteiger partial charge in [-0.05, 0) is 48.4 Å². The van der Waals surface area contributed by atoms with E-state index < -0.39 is 0 Å². The Morgan fingerprint density at radius 2 is 2.05 bits per heavy atom. The number of anilines is 1. The van der Waals surface area contributed by atoms with E-state index in [2.05, 4.69) is 10.1 Å². The highest BCUT2D eigenvalue weighted by molar-refractivity contribution is 5.60. The molecule has 0 aliphatic rings. The molecule has 0 aliphatic carbocycles. The van der Waals surface area contributed by atoms with Crippen LogP contribution in [0.2, 0.25) is 0 Å². The van der Waals surface area contributed by atoms with Crippen molar-refractivity contribution in [3.63, 3.8) is 0 Å². The third kappa shape index (κ3) is 2.91. The lowest BCUT2D eigenvalue weighted by atomic mass is 10.1. The third-order valence-electron chi connectivity index (χ3n) is 3.24. The predicted molar refractivity (Wildman–Crippen MR) is 78.1 cm³/mol. The van der Waals surface area contributed by atoms with E-state index in [1.807, 2.05) is 25.1 Å². The standard InChI is InChI=1S/C16H14FN3O/c1-10-7-12(5-6-14(10)18)16-19-15(20-21-16)9-11-3-2-4-13(17)8-11/h2-8H,9,18H2,1H3. The van der Waals surface area contributed by atoms with Crippen LogP contribution in [0.1, 0.15) is 17.0 Å². The number of halogens is 1. The van der Waals surface area contributed by atoms with Crippen LogP contribution in [-0.2, 0) is 6.42 Å². The molecular formula is C16H14FN3O. The Hall–Kier alpha value is -2.69. The quantitative estimate of drug-likeness (QED) is 0.748. The fraction of sp³-hybridized carbons (Fsp3) is 0.125. The van der Waals surface area contributed by atoms with E-state index in [0.29, 0.717) is 18.1 Å². The van der Waals surface area contributed by atoms with Gasteiger partial charge < -0.3 is 10.3 Å². The molecule has 0 unspecified atom stereocenters. The average molecular weight is 283 g/mol. The molecule has 3 aromatic rings. The molecule has 106 valence electrons. The summed E-state index contributed by atoms with van der Waals surface area (Å²) in [6, 6.07) is 11.9. The molecule has 0 saturated heterocycles. The third-order valence-corrected chi connectivity index (χ3v) is 3.24. The van der Waals surface area contributed by atoms with Crippen molar-refractivity contribution in [2.45, 2.75) is 13.3 Å². The van der Waals surface area contributed by atoms with Gasteiger partial charge >= 0.3 is 0 Å². The first-order valence-corrected chi connectivity index (χ1v) is 6.55. The van der Waals surface area contributed by atoms with Crippen molar-refractivity contribution in [3.05, 3.63) is 65.2 Å². The van der Waals surface area contributed by atoms with E-state index in [9.17, 15) is 4.39 Å². The van der Waals surface area contributed by atoms with Gasteiger partial charge in [0.25, 0.3) is 5.89 Å². The van der Waals surface area contributed by atoms with E-state index in [4.69, 9.17) is 10.3 Å². The smallest absolute Gasteiger partial charge is 0.257 e. The molecule has 2 N–H and O–H groups in total. The second-order valence-corrected chi connectivity index (χ2v) is 4.89. The minimum Gasteiger partial charge on any atom is -0.399 e. The summed E-state index contributed by atoms with van der Waals surface area (Å²) in [7, 11) is 0. The summed E-state index contributed by atoms with van der Waals surface area (Å²) in [4.78, 5) is 4.34. The second-order valence-electron chi connectivity index (χ2n) is 4.89. The lowest BCUT2D eigenvalue weighted by molar-refractivity contribution is 0.424. The van der Waals surface area contributed by atoms with Crippen molar-refractivity contribution >= 4 is 5.69 Å². The Morgan fingerprint density at radius 1 is 1.19 bits per heavy atom. The van der Waals surface area contributed by atoms with E-state index in [0.717, 1.165) is 22.4 Å². The maximum absolute atomic E-state index is 13.1. The van der Waals surface area contributed by atoms with Crippen LogP contribution in [0.15, 0.2) is 47.0 Å². The monoisotopic (exact) mass is 283 g/mol. The summed E-state index contributed by atoms with van der Waals surface area (Å²) in [5, 5.41) is 3.93. The molecule has 3 rings (SSSR count). The topological polar surface area (TPSA) is 64.9 Å². The van der Waals surface area contributed by atoms with Gasteiger partial charge in [-0.1, -0.05) is 17.3 Å². The van der Waals surface area contributed by atoms with Crippen LogP contribution >= 0.6 is 0 Å². The van der Waals surface area contributed by atoms with Crippen LogP contribution in [0.4, 0.5) is 10.1 Å². The first kappa shape index (κ1) is 13.3. The van der Waals surface area contributed by atoms with Gasteiger partial charge in [-0.2, -0.15) is 4.98 Å². The van der Waals surface area contributed by atoms with Crippen LogP contribution in [0, 0.1) is 12.7 Å². The Bertz CT molecular complexity index is 783. The van der Waals surface area contributed by atoms with Crippen LogP contribution in [0.25, 0.3) is 11.5 Å². The van der Waals surface area contributed by atoms with Crippen molar-refractivity contribution in [2.75, 3.05) is 5.73 Å². The van der Waals surface area contributed by atoms with Crippen LogP contribution in [0.5, 0.6) is 0 Å². The van der Waals surface area contributed by atoms with Crippen molar-refractivity contribution in [1.29, 1.82) is 0 Å². The van der Waals surface area contributed by atoms with Crippen molar-refractivity contribution in [2.24, 2.45) is 0 Å². The highest BCUT2D eigenvalue weighted by atomic mass is 19.1. The van der Waals surface area contributed by atoms with Crippen molar-refractivity contribution < 1.29 is 8.91 Å². The molecule has 21 heavy (non-hydrogen) atoms. The lowest BCUT2D eigenvalue weighted by Crippen LogP contribution is -1.92. The van der Waals surface area contributed by atoms with E-state index in [1.165, 1.54) is 12.1 Å². The molecule has 4 nitrogen and oxygen atoms in total. The fourth-order valence-electron chi connectivity index (χ4n) is 2.08. The predicted octanol–water partition coefficient (Wildman–Crippen LogP) is 3.36. The van der Waals surface area contributed by atoms with Crippen LogP contribution < -0.4 is 5.73 Å². The van der Waals surface area contributed by atoms with Crippen molar-refractivity contribution in [3.8, 4) is 11.5 Å². The normalized spacial score (nSPS) is 10.8. The first-order valence-electron chi connectivity index (χ1n) is 6.55. The summed E-state index contributed by atoms with van der Waals surface area (Å²) in [5.74, 6) is 0.681. The van der Waals surface area contributed by atoms with Crippen molar-refractivity contribution in [1.82, 2.24) is 10.1 Å². The minimum atomic E-state index is -0.273. The Balaban J connectivity index is 1.84. The Kier molecular flexibility index (Phi) is 3.39. The first-order chi connectivity index (χ1) is 10.1. The van der Waals surface area contributed by atoms with Crippen LogP contribution in [-0.4, -0.2) is 10.1 Å². The molecule has 1 heterocycles. The molecule has 0 fully saturated rings. The molecule has 0 aliphatic heterocycles. The minimum absolute atomic E-state index is 0.273. The van der Waals surface area contributed by atoms with E-state index in [1.54, 1.807) is 12.1 Å². The van der Waals surface area contributed by atoms with E-state index in [-0.39, 0.29) is 5.82 Å². The Morgan fingerprint density at radius 3 is 2.81 bits per heavy atom. The maximum atomic E-state index is 13.1. The summed E-state index contributed by atoms with van der Waals surface area (Å²) in [6.07, 6.45) is 0.426. The lowest BCUT2D eigenvalue weighted by Gasteiger charge is -2.00. The van der Waals surface area contributed by atoms with Gasteiger partial charge in [-0.15, -0.1) is 0 Å². The number of hydrogen-bond donors (Lipinski definition) is 1. The van der Waals surface area contributed by atoms with Gasteiger partial charge in [0, 0.05) is 17.7 Å². The average Bonchev–Trinajstić information content (AvgIpc) is 2.90. The van der Waals surface area contributed by atoms with Gasteiger partial charge in [0.05, 0.1) is 0 Å². The fourth-order valence-corrected chi connectivity index (χ4v) is 2.08. The summed E-state index contributed by atoms with van der Waals surface area (Å²) >= 11 is 0. The number of hydrogen-bond acceptors (Lipinski definition) is 4. The number of nitrogen functional groups attached to an aromatic ring is 1. The number of rotatable bonds is 3. The zero-order valence-electron chi connectivity index (χ0n) is 11.5. The van der Waals surface area contributed by atoms with Gasteiger partial charge in [-0.3, -0.25) is 0 Å². The molecule has 0 atom stereocenters. The molecule has 0 bridgehead atoms. The number of nitrogens with two attached hydrogens (primary N) is 1. The molecule has 1 aromatic heterocycles. The molecule has 0 amide bonds. The Labute approximate surface area is 121 Å². The second kappa shape index (κ2) is 5.36. The summed E-state index contributed by atoms with van der Waals surface area (Å²) < 4.78 is 18.4. The SMILES string of the molecule is Cc1cc(-c2nc(Cc3cccc(F)c3)no2)ccc1N. The number of aryl methyl sites for hydroxylation is 1. The number of benzene rings is 2. The highest BCUT2D eigenvalue weighted by Crippen LogP contribution is 2.22. The molecular weight excluding hydrogens is 269 g/mol. The largest absolute Gasteiger partial charge is 0.399 e. The summed E-state index contributed by atoms with van der Waals surface area (Å²) in [5.41, 5.74) is 9.08. The number of aromatic nitrogens is 2. The van der Waals surface area contributed by atoms with E-state index >= 15 is 0 Å².